The molecule has 0 N–H and O–H groups in total. The van der Waals surface area contributed by atoms with Crippen LogP contribution in [0.25, 0.3) is 0 Å². The van der Waals surface area contributed by atoms with Crippen molar-refractivity contribution < 1.29 is 4.18 Å². The van der Waals surface area contributed by atoms with Crippen molar-refractivity contribution in [1.29, 1.82) is 0 Å². The molecule has 0 aromatic carbocycles. The SMILES string of the molecule is CSOC1CCC(C)CC1. The smallest absolute Gasteiger partial charge is 0.0722 e. The zero-order valence-electron chi connectivity index (χ0n) is 6.80. The van der Waals surface area contributed by atoms with E-state index in [-0.39, 0.29) is 0 Å². The van der Waals surface area contributed by atoms with E-state index in [1.807, 2.05) is 6.26 Å². The van der Waals surface area contributed by atoms with Crippen LogP contribution in [-0.4, -0.2) is 12.4 Å². The minimum absolute atomic E-state index is 0.547. The molecule has 1 saturated carbocycles. The second-order valence-corrected chi connectivity index (χ2v) is 3.67. The fraction of sp³-hybridized carbons (Fsp3) is 1.00. The van der Waals surface area contributed by atoms with Crippen LogP contribution in [-0.2, 0) is 4.18 Å². The summed E-state index contributed by atoms with van der Waals surface area (Å²) in [5, 5.41) is 0. The maximum Gasteiger partial charge on any atom is 0.0722 e. The van der Waals surface area contributed by atoms with Crippen LogP contribution in [0.2, 0.25) is 0 Å². The van der Waals surface area contributed by atoms with Gasteiger partial charge in [0.1, 0.15) is 0 Å². The van der Waals surface area contributed by atoms with E-state index in [1.54, 1.807) is 0 Å². The number of hydrogen-bond donors (Lipinski definition) is 0. The van der Waals surface area contributed by atoms with E-state index < -0.39 is 0 Å². The van der Waals surface area contributed by atoms with E-state index in [9.17, 15) is 0 Å². The first-order valence-electron chi connectivity index (χ1n) is 4.02. The lowest BCUT2D eigenvalue weighted by molar-refractivity contribution is 0.162. The molecule has 0 unspecified atom stereocenters. The molecular formula is C8H16OS. The van der Waals surface area contributed by atoms with E-state index in [1.165, 1.54) is 37.7 Å². The Morgan fingerprint density at radius 2 is 1.80 bits per heavy atom. The van der Waals surface area contributed by atoms with Gasteiger partial charge in [0.2, 0.25) is 0 Å². The summed E-state index contributed by atoms with van der Waals surface area (Å²) in [6, 6.07) is 0. The average molecular weight is 160 g/mol. The molecule has 0 bridgehead atoms. The Balaban J connectivity index is 2.13. The second-order valence-electron chi connectivity index (χ2n) is 3.14. The molecule has 1 aliphatic rings. The van der Waals surface area contributed by atoms with Gasteiger partial charge in [-0.15, -0.1) is 0 Å². The third-order valence-electron chi connectivity index (χ3n) is 2.20. The van der Waals surface area contributed by atoms with Crippen LogP contribution in [0.5, 0.6) is 0 Å². The zero-order valence-corrected chi connectivity index (χ0v) is 7.62. The van der Waals surface area contributed by atoms with Gasteiger partial charge in [-0.2, -0.15) is 0 Å². The largest absolute Gasteiger partial charge is 0.312 e. The Morgan fingerprint density at radius 3 is 2.30 bits per heavy atom. The molecule has 0 heterocycles. The molecule has 10 heavy (non-hydrogen) atoms. The molecule has 0 amide bonds. The lowest BCUT2D eigenvalue weighted by Gasteiger charge is -2.24. The maximum atomic E-state index is 5.45. The molecule has 1 nitrogen and oxygen atoms in total. The molecular weight excluding hydrogens is 144 g/mol. The molecule has 2 heteroatoms. The van der Waals surface area contributed by atoms with Gasteiger partial charge in [0.15, 0.2) is 0 Å². The molecule has 0 saturated heterocycles. The van der Waals surface area contributed by atoms with Gasteiger partial charge >= 0.3 is 0 Å². The normalized spacial score (nSPS) is 34.2. The van der Waals surface area contributed by atoms with Crippen molar-refractivity contribution in [1.82, 2.24) is 0 Å². The summed E-state index contributed by atoms with van der Waals surface area (Å²) in [5.74, 6) is 0.932. The Kier molecular flexibility index (Phi) is 3.57. The van der Waals surface area contributed by atoms with Crippen LogP contribution in [0.1, 0.15) is 32.6 Å². The minimum Gasteiger partial charge on any atom is -0.312 e. The van der Waals surface area contributed by atoms with Gasteiger partial charge in [-0.1, -0.05) is 6.92 Å². The van der Waals surface area contributed by atoms with Crippen LogP contribution in [0, 0.1) is 5.92 Å². The van der Waals surface area contributed by atoms with E-state index in [0.717, 1.165) is 5.92 Å². The monoisotopic (exact) mass is 160 g/mol. The zero-order chi connectivity index (χ0) is 7.40. The van der Waals surface area contributed by atoms with Crippen LogP contribution < -0.4 is 0 Å². The average Bonchev–Trinajstić information content (AvgIpc) is 1.95. The van der Waals surface area contributed by atoms with Gasteiger partial charge in [-0.3, -0.25) is 0 Å². The molecule has 0 radical (unpaired) electrons. The standard InChI is InChI=1S/C8H16OS/c1-7-3-5-8(6-4-7)9-10-2/h7-8H,3-6H2,1-2H3. The molecule has 0 atom stereocenters. The molecule has 60 valence electrons. The third-order valence-corrected chi connectivity index (χ3v) is 2.66. The van der Waals surface area contributed by atoms with Gasteiger partial charge < -0.3 is 4.18 Å². The van der Waals surface area contributed by atoms with Gasteiger partial charge in [-0.05, 0) is 43.6 Å². The molecule has 0 spiro atoms. The Morgan fingerprint density at radius 1 is 1.20 bits per heavy atom. The predicted octanol–water partition coefficient (Wildman–Crippen LogP) is 2.86. The lowest BCUT2D eigenvalue weighted by Crippen LogP contribution is -2.17. The van der Waals surface area contributed by atoms with Crippen molar-refractivity contribution in [3.63, 3.8) is 0 Å². The van der Waals surface area contributed by atoms with Crippen molar-refractivity contribution in [3.05, 3.63) is 0 Å². The molecule has 1 rings (SSSR count). The highest BCUT2D eigenvalue weighted by Gasteiger charge is 2.17. The second kappa shape index (κ2) is 4.24. The Hall–Kier alpha value is 0.310. The first-order chi connectivity index (χ1) is 4.83. The van der Waals surface area contributed by atoms with Gasteiger partial charge in [-0.25, -0.2) is 0 Å². The maximum absolute atomic E-state index is 5.45. The van der Waals surface area contributed by atoms with Crippen LogP contribution >= 0.6 is 12.0 Å². The fourth-order valence-corrected chi connectivity index (χ4v) is 1.93. The molecule has 1 aliphatic carbocycles. The van der Waals surface area contributed by atoms with Crippen molar-refractivity contribution in [2.75, 3.05) is 6.26 Å². The highest BCUT2D eigenvalue weighted by molar-refractivity contribution is 7.93. The van der Waals surface area contributed by atoms with Crippen molar-refractivity contribution in [2.24, 2.45) is 5.92 Å². The quantitative estimate of drug-likeness (QED) is 0.574. The predicted molar refractivity (Wildman–Crippen MR) is 46.0 cm³/mol. The summed E-state index contributed by atoms with van der Waals surface area (Å²) in [7, 11) is 0. The van der Waals surface area contributed by atoms with Crippen LogP contribution in [0.4, 0.5) is 0 Å². The first-order valence-corrected chi connectivity index (χ1v) is 5.17. The lowest BCUT2D eigenvalue weighted by atomic mass is 9.89. The molecule has 0 aromatic heterocycles. The Bertz CT molecular complexity index is 87.3. The van der Waals surface area contributed by atoms with Crippen molar-refractivity contribution in [2.45, 2.75) is 38.7 Å². The highest BCUT2D eigenvalue weighted by atomic mass is 32.2. The van der Waals surface area contributed by atoms with E-state index in [2.05, 4.69) is 6.92 Å². The van der Waals surface area contributed by atoms with Gasteiger partial charge in [0.25, 0.3) is 0 Å². The van der Waals surface area contributed by atoms with Crippen LogP contribution in [0.3, 0.4) is 0 Å². The summed E-state index contributed by atoms with van der Waals surface area (Å²) in [4.78, 5) is 0. The molecule has 1 fully saturated rings. The molecule has 0 aliphatic heterocycles. The summed E-state index contributed by atoms with van der Waals surface area (Å²) in [6.45, 7) is 2.33. The van der Waals surface area contributed by atoms with Crippen LogP contribution in [0.15, 0.2) is 0 Å². The third kappa shape index (κ3) is 2.51. The summed E-state index contributed by atoms with van der Waals surface area (Å²) >= 11 is 1.51. The van der Waals surface area contributed by atoms with E-state index >= 15 is 0 Å². The summed E-state index contributed by atoms with van der Waals surface area (Å²) in [5.41, 5.74) is 0. The minimum atomic E-state index is 0.547. The molecule has 0 aromatic rings. The highest BCUT2D eigenvalue weighted by Crippen LogP contribution is 2.27. The number of rotatable bonds is 2. The number of hydrogen-bond acceptors (Lipinski definition) is 2. The van der Waals surface area contributed by atoms with Crippen molar-refractivity contribution >= 4 is 12.0 Å². The van der Waals surface area contributed by atoms with Gasteiger partial charge in [0.05, 0.1) is 6.10 Å². The first kappa shape index (κ1) is 8.41. The summed E-state index contributed by atoms with van der Waals surface area (Å²) < 4.78 is 5.45. The van der Waals surface area contributed by atoms with Gasteiger partial charge in [0, 0.05) is 6.26 Å². The topological polar surface area (TPSA) is 9.23 Å². The fourth-order valence-electron chi connectivity index (χ4n) is 1.46. The van der Waals surface area contributed by atoms with E-state index in [4.69, 9.17) is 4.18 Å². The Labute approximate surface area is 67.7 Å². The van der Waals surface area contributed by atoms with Crippen molar-refractivity contribution in [3.8, 4) is 0 Å². The summed E-state index contributed by atoms with van der Waals surface area (Å²) in [6.07, 6.45) is 7.78. The van der Waals surface area contributed by atoms with E-state index in [0.29, 0.717) is 6.10 Å².